The number of hydrogen-bond acceptors (Lipinski definition) is 4. The second-order valence-electron chi connectivity index (χ2n) is 4.15. The minimum Gasteiger partial charge on any atom is -0.478 e. The van der Waals surface area contributed by atoms with Crippen molar-refractivity contribution in [3.05, 3.63) is 29.8 Å². The summed E-state index contributed by atoms with van der Waals surface area (Å²) >= 11 is 0. The maximum absolute atomic E-state index is 11.4. The highest BCUT2D eigenvalue weighted by molar-refractivity contribution is 5.78. The maximum atomic E-state index is 11.4. The van der Waals surface area contributed by atoms with Gasteiger partial charge in [0, 0.05) is 12.8 Å². The van der Waals surface area contributed by atoms with Gasteiger partial charge in [-0.3, -0.25) is 0 Å². The average Bonchev–Trinajstić information content (AvgIpc) is 2.40. The molecule has 5 heteroatoms. The Morgan fingerprint density at radius 2 is 1.94 bits per heavy atom. The molecule has 0 amide bonds. The Morgan fingerprint density at radius 1 is 1.33 bits per heavy atom. The first-order chi connectivity index (χ1) is 8.66. The monoisotopic (exact) mass is 247 g/mol. The SMILES string of the molecule is N#Cc1ccc(OC2(C(=O)O)CCOCC2)cc1. The van der Waals surface area contributed by atoms with Crippen molar-refractivity contribution in [2.75, 3.05) is 13.2 Å². The summed E-state index contributed by atoms with van der Waals surface area (Å²) < 4.78 is 10.8. The van der Waals surface area contributed by atoms with E-state index in [0.717, 1.165) is 0 Å². The molecule has 0 spiro atoms. The molecular formula is C13H13NO4. The number of carbonyl (C=O) groups is 1. The summed E-state index contributed by atoms with van der Waals surface area (Å²) in [5, 5.41) is 18.0. The molecule has 0 unspecified atom stereocenters. The van der Waals surface area contributed by atoms with Crippen molar-refractivity contribution in [2.24, 2.45) is 0 Å². The van der Waals surface area contributed by atoms with Crippen LogP contribution in [-0.2, 0) is 9.53 Å². The molecule has 2 rings (SSSR count). The molecule has 1 heterocycles. The largest absolute Gasteiger partial charge is 0.478 e. The van der Waals surface area contributed by atoms with Gasteiger partial charge in [0.2, 0.25) is 5.60 Å². The van der Waals surface area contributed by atoms with Crippen molar-refractivity contribution in [3.8, 4) is 11.8 Å². The van der Waals surface area contributed by atoms with Crippen LogP contribution in [0.4, 0.5) is 0 Å². The van der Waals surface area contributed by atoms with E-state index in [9.17, 15) is 9.90 Å². The predicted octanol–water partition coefficient (Wildman–Crippen LogP) is 1.57. The molecule has 1 saturated heterocycles. The smallest absolute Gasteiger partial charge is 0.348 e. The van der Waals surface area contributed by atoms with E-state index in [1.807, 2.05) is 6.07 Å². The predicted molar refractivity (Wildman–Crippen MR) is 62.2 cm³/mol. The van der Waals surface area contributed by atoms with E-state index in [2.05, 4.69) is 0 Å². The first-order valence-electron chi connectivity index (χ1n) is 5.67. The van der Waals surface area contributed by atoms with Crippen LogP contribution in [0, 0.1) is 11.3 Å². The van der Waals surface area contributed by atoms with Crippen molar-refractivity contribution in [3.63, 3.8) is 0 Å². The molecule has 1 aromatic rings. The van der Waals surface area contributed by atoms with E-state index in [4.69, 9.17) is 14.7 Å². The van der Waals surface area contributed by atoms with Gasteiger partial charge in [-0.25, -0.2) is 4.79 Å². The summed E-state index contributed by atoms with van der Waals surface area (Å²) in [6, 6.07) is 8.42. The lowest BCUT2D eigenvalue weighted by atomic mass is 9.94. The van der Waals surface area contributed by atoms with Crippen LogP contribution in [0.1, 0.15) is 18.4 Å². The first kappa shape index (κ1) is 12.4. The molecule has 1 aliphatic heterocycles. The Hall–Kier alpha value is -2.06. The quantitative estimate of drug-likeness (QED) is 0.877. The van der Waals surface area contributed by atoms with E-state index in [0.29, 0.717) is 37.4 Å². The average molecular weight is 247 g/mol. The molecule has 0 aromatic heterocycles. The molecule has 94 valence electrons. The number of benzene rings is 1. The fourth-order valence-electron chi connectivity index (χ4n) is 1.88. The third-order valence-corrected chi connectivity index (χ3v) is 2.99. The summed E-state index contributed by atoms with van der Waals surface area (Å²) in [6.07, 6.45) is 0.644. The third kappa shape index (κ3) is 2.44. The lowest BCUT2D eigenvalue weighted by Gasteiger charge is -2.33. The van der Waals surface area contributed by atoms with Crippen molar-refractivity contribution in [1.82, 2.24) is 0 Å². The van der Waals surface area contributed by atoms with E-state index < -0.39 is 11.6 Å². The van der Waals surface area contributed by atoms with Crippen LogP contribution in [0.5, 0.6) is 5.75 Å². The number of carboxylic acid groups (broad SMARTS) is 1. The molecule has 5 nitrogen and oxygen atoms in total. The Labute approximate surface area is 105 Å². The highest BCUT2D eigenvalue weighted by atomic mass is 16.5. The zero-order chi connectivity index (χ0) is 13.0. The molecule has 0 saturated carbocycles. The minimum absolute atomic E-state index is 0.322. The minimum atomic E-state index is -1.22. The lowest BCUT2D eigenvalue weighted by molar-refractivity contribution is -0.163. The van der Waals surface area contributed by atoms with Crippen LogP contribution in [0.3, 0.4) is 0 Å². The first-order valence-corrected chi connectivity index (χ1v) is 5.67. The second-order valence-corrected chi connectivity index (χ2v) is 4.15. The van der Waals surface area contributed by atoms with Gasteiger partial charge in [-0.05, 0) is 24.3 Å². The summed E-state index contributed by atoms with van der Waals surface area (Å²) in [4.78, 5) is 11.4. The maximum Gasteiger partial charge on any atom is 0.348 e. The Morgan fingerprint density at radius 3 is 2.44 bits per heavy atom. The van der Waals surface area contributed by atoms with Gasteiger partial charge in [-0.1, -0.05) is 0 Å². The van der Waals surface area contributed by atoms with Crippen LogP contribution in [0.2, 0.25) is 0 Å². The summed E-state index contributed by atoms with van der Waals surface area (Å²) in [6.45, 7) is 0.755. The summed E-state index contributed by atoms with van der Waals surface area (Å²) in [5.41, 5.74) is -0.703. The van der Waals surface area contributed by atoms with Crippen molar-refractivity contribution in [1.29, 1.82) is 5.26 Å². The zero-order valence-electron chi connectivity index (χ0n) is 9.76. The zero-order valence-corrected chi connectivity index (χ0v) is 9.76. The van der Waals surface area contributed by atoms with Gasteiger partial charge < -0.3 is 14.6 Å². The van der Waals surface area contributed by atoms with Crippen molar-refractivity contribution >= 4 is 5.97 Å². The van der Waals surface area contributed by atoms with E-state index >= 15 is 0 Å². The molecule has 1 aromatic carbocycles. The molecule has 0 radical (unpaired) electrons. The fourth-order valence-corrected chi connectivity index (χ4v) is 1.88. The van der Waals surface area contributed by atoms with E-state index in [1.54, 1.807) is 24.3 Å². The number of nitriles is 1. The van der Waals surface area contributed by atoms with Gasteiger partial charge in [0.1, 0.15) is 5.75 Å². The highest BCUT2D eigenvalue weighted by Crippen LogP contribution is 2.28. The van der Waals surface area contributed by atoms with Crippen LogP contribution < -0.4 is 4.74 Å². The number of nitrogens with zero attached hydrogens (tertiary/aromatic N) is 1. The molecule has 1 fully saturated rings. The standard InChI is InChI=1S/C13H13NO4/c14-9-10-1-3-11(4-2-10)18-13(12(15)16)5-7-17-8-6-13/h1-4H,5-8H2,(H,15,16). The molecular weight excluding hydrogens is 234 g/mol. The second kappa shape index (κ2) is 5.07. The Balaban J connectivity index is 2.18. The van der Waals surface area contributed by atoms with Crippen LogP contribution in [0.25, 0.3) is 0 Å². The number of ether oxygens (including phenoxy) is 2. The van der Waals surface area contributed by atoms with Gasteiger partial charge in [-0.2, -0.15) is 5.26 Å². The van der Waals surface area contributed by atoms with Crippen LogP contribution >= 0.6 is 0 Å². The molecule has 18 heavy (non-hydrogen) atoms. The van der Waals surface area contributed by atoms with Gasteiger partial charge in [0.05, 0.1) is 24.8 Å². The van der Waals surface area contributed by atoms with Crippen LogP contribution in [-0.4, -0.2) is 29.9 Å². The number of carboxylic acids is 1. The number of aliphatic carboxylic acids is 1. The molecule has 0 aliphatic carbocycles. The highest BCUT2D eigenvalue weighted by Gasteiger charge is 2.42. The normalized spacial score (nSPS) is 17.7. The molecule has 1 aliphatic rings. The van der Waals surface area contributed by atoms with Crippen molar-refractivity contribution in [2.45, 2.75) is 18.4 Å². The van der Waals surface area contributed by atoms with Crippen LogP contribution in [0.15, 0.2) is 24.3 Å². The fraction of sp³-hybridized carbons (Fsp3) is 0.385. The topological polar surface area (TPSA) is 79.5 Å². The van der Waals surface area contributed by atoms with Crippen molar-refractivity contribution < 1.29 is 19.4 Å². The van der Waals surface area contributed by atoms with E-state index in [1.165, 1.54) is 0 Å². The number of rotatable bonds is 3. The van der Waals surface area contributed by atoms with Gasteiger partial charge in [0.25, 0.3) is 0 Å². The van der Waals surface area contributed by atoms with Gasteiger partial charge in [0.15, 0.2) is 0 Å². The molecule has 0 atom stereocenters. The summed E-state index contributed by atoms with van der Waals surface area (Å²) in [7, 11) is 0. The summed E-state index contributed by atoms with van der Waals surface area (Å²) in [5.74, 6) is -0.520. The molecule has 1 N–H and O–H groups in total. The Bertz CT molecular complexity index is 469. The third-order valence-electron chi connectivity index (χ3n) is 2.99. The van der Waals surface area contributed by atoms with Gasteiger partial charge >= 0.3 is 5.97 Å². The van der Waals surface area contributed by atoms with Gasteiger partial charge in [-0.15, -0.1) is 0 Å². The van der Waals surface area contributed by atoms with E-state index in [-0.39, 0.29) is 0 Å². The molecule has 0 bridgehead atoms. The lowest BCUT2D eigenvalue weighted by Crippen LogP contribution is -2.49. The number of hydrogen-bond donors (Lipinski definition) is 1. The Kier molecular flexibility index (Phi) is 3.49.